The van der Waals surface area contributed by atoms with E-state index in [1.54, 1.807) is 25.3 Å². The van der Waals surface area contributed by atoms with Crippen LogP contribution in [0, 0.1) is 19.7 Å². The highest BCUT2D eigenvalue weighted by Gasteiger charge is 2.33. The maximum Gasteiger partial charge on any atom is 0.341 e. The van der Waals surface area contributed by atoms with E-state index in [-0.39, 0.29) is 36.6 Å². The van der Waals surface area contributed by atoms with Crippen LogP contribution in [0.1, 0.15) is 34.5 Å². The van der Waals surface area contributed by atoms with Gasteiger partial charge in [0, 0.05) is 17.3 Å². The molecule has 1 aliphatic rings. The molecule has 1 N–H and O–H groups in total. The molecule has 0 spiro atoms. The highest BCUT2D eigenvalue weighted by atomic mass is 19.1. The van der Waals surface area contributed by atoms with Crippen LogP contribution in [-0.2, 0) is 9.47 Å². The molecular weight excluding hydrogens is 429 g/mol. The molecule has 0 bridgehead atoms. The van der Waals surface area contributed by atoms with E-state index in [1.165, 1.54) is 24.1 Å². The van der Waals surface area contributed by atoms with Gasteiger partial charge in [0.1, 0.15) is 23.5 Å². The minimum absolute atomic E-state index is 0.126. The van der Waals surface area contributed by atoms with Gasteiger partial charge in [0.25, 0.3) is 0 Å². The summed E-state index contributed by atoms with van der Waals surface area (Å²) in [5.74, 6) is -0.679. The Morgan fingerprint density at radius 2 is 2.09 bits per heavy atom. The van der Waals surface area contributed by atoms with Gasteiger partial charge in [0.15, 0.2) is 0 Å². The van der Waals surface area contributed by atoms with Crippen molar-refractivity contribution in [1.29, 1.82) is 0 Å². The third-order valence-electron chi connectivity index (χ3n) is 5.80. The Kier molecular flexibility index (Phi) is 6.44. The molecular formula is C24H26FN3O5. The standard InChI is InChI=1S/C24H26FN3O5/c1-5-33-24(30)17-10-27-28(19-11-32-12-20(19)29)22(17)16-7-6-15(8-18(16)25)21-13(2)9-26-23(31-4)14(21)3/h6-10,19-20,29H,5,11-12H2,1-4H3/t19-,20-/m1/s1. The number of aliphatic hydroxyl groups is 1. The monoisotopic (exact) mass is 455 g/mol. The molecule has 2 aromatic heterocycles. The maximum absolute atomic E-state index is 15.6. The van der Waals surface area contributed by atoms with Crippen LogP contribution in [0.5, 0.6) is 5.88 Å². The quantitative estimate of drug-likeness (QED) is 0.569. The molecule has 2 atom stereocenters. The number of carbonyl (C=O) groups excluding carboxylic acids is 1. The van der Waals surface area contributed by atoms with Crippen molar-refractivity contribution < 1.29 is 28.5 Å². The summed E-state index contributed by atoms with van der Waals surface area (Å²) >= 11 is 0. The van der Waals surface area contributed by atoms with E-state index in [0.29, 0.717) is 11.4 Å². The Morgan fingerprint density at radius 1 is 1.30 bits per heavy atom. The molecule has 9 heteroatoms. The third-order valence-corrected chi connectivity index (χ3v) is 5.80. The van der Waals surface area contributed by atoms with Crippen molar-refractivity contribution >= 4 is 5.97 Å². The van der Waals surface area contributed by atoms with Gasteiger partial charge in [-0.15, -0.1) is 0 Å². The molecule has 0 radical (unpaired) electrons. The van der Waals surface area contributed by atoms with Crippen molar-refractivity contribution in [2.75, 3.05) is 26.9 Å². The summed E-state index contributed by atoms with van der Waals surface area (Å²) in [7, 11) is 1.54. The molecule has 4 rings (SSSR count). The summed E-state index contributed by atoms with van der Waals surface area (Å²) in [5.41, 5.74) is 3.70. The second-order valence-electron chi connectivity index (χ2n) is 7.89. The van der Waals surface area contributed by atoms with E-state index in [1.807, 2.05) is 13.8 Å². The Bertz CT molecular complexity index is 1190. The molecule has 8 nitrogen and oxygen atoms in total. The van der Waals surface area contributed by atoms with Gasteiger partial charge in [-0.3, -0.25) is 4.68 Å². The number of rotatable bonds is 6. The number of aromatic nitrogens is 3. The van der Waals surface area contributed by atoms with E-state index in [0.717, 1.165) is 16.7 Å². The van der Waals surface area contributed by atoms with Crippen molar-refractivity contribution in [3.63, 3.8) is 0 Å². The van der Waals surface area contributed by atoms with Crippen LogP contribution in [0.25, 0.3) is 22.4 Å². The summed E-state index contributed by atoms with van der Waals surface area (Å²) in [5, 5.41) is 14.6. The van der Waals surface area contributed by atoms with Crippen LogP contribution in [-0.4, -0.2) is 58.9 Å². The molecule has 174 valence electrons. The smallest absolute Gasteiger partial charge is 0.341 e. The molecule has 0 amide bonds. The Morgan fingerprint density at radius 3 is 2.73 bits per heavy atom. The fraction of sp³-hybridized carbons (Fsp3) is 0.375. The second kappa shape index (κ2) is 9.29. The van der Waals surface area contributed by atoms with E-state index in [4.69, 9.17) is 14.2 Å². The van der Waals surface area contributed by atoms with Crippen molar-refractivity contribution in [2.45, 2.75) is 32.9 Å². The zero-order valence-electron chi connectivity index (χ0n) is 19.0. The number of hydrogen-bond donors (Lipinski definition) is 1. The maximum atomic E-state index is 15.6. The predicted octanol–water partition coefficient (Wildman–Crippen LogP) is 3.49. The molecule has 33 heavy (non-hydrogen) atoms. The highest BCUT2D eigenvalue weighted by Crippen LogP contribution is 2.36. The Hall–Kier alpha value is -3.30. The van der Waals surface area contributed by atoms with Gasteiger partial charge >= 0.3 is 5.97 Å². The summed E-state index contributed by atoms with van der Waals surface area (Å²) in [6.45, 7) is 5.98. The predicted molar refractivity (Wildman–Crippen MR) is 119 cm³/mol. The number of aryl methyl sites for hydroxylation is 1. The first-order valence-corrected chi connectivity index (χ1v) is 10.7. The number of halogens is 1. The van der Waals surface area contributed by atoms with Crippen molar-refractivity contribution in [3.8, 4) is 28.3 Å². The summed E-state index contributed by atoms with van der Waals surface area (Å²) < 4.78 is 32.9. The summed E-state index contributed by atoms with van der Waals surface area (Å²) in [6.07, 6.45) is 2.20. The van der Waals surface area contributed by atoms with Crippen molar-refractivity contribution in [2.24, 2.45) is 0 Å². The molecule has 1 aliphatic heterocycles. The number of aliphatic hydroxyl groups excluding tert-OH is 1. The third kappa shape index (κ3) is 4.09. The number of esters is 1. The first-order valence-electron chi connectivity index (χ1n) is 10.7. The molecule has 0 saturated carbocycles. The van der Waals surface area contributed by atoms with Crippen molar-refractivity contribution in [1.82, 2.24) is 14.8 Å². The number of methoxy groups -OCH3 is 1. The summed E-state index contributed by atoms with van der Waals surface area (Å²) in [6, 6.07) is 4.25. The Labute approximate surface area is 190 Å². The minimum atomic E-state index is -0.824. The lowest BCUT2D eigenvalue weighted by Crippen LogP contribution is -2.24. The van der Waals surface area contributed by atoms with Crippen LogP contribution in [0.3, 0.4) is 0 Å². The molecule has 1 fully saturated rings. The van der Waals surface area contributed by atoms with E-state index >= 15 is 4.39 Å². The second-order valence-corrected chi connectivity index (χ2v) is 7.89. The summed E-state index contributed by atoms with van der Waals surface area (Å²) in [4.78, 5) is 16.9. The number of nitrogens with zero attached hydrogens (tertiary/aromatic N) is 3. The average Bonchev–Trinajstić information content (AvgIpc) is 3.40. The highest BCUT2D eigenvalue weighted by molar-refractivity contribution is 5.96. The molecule has 3 heterocycles. The largest absolute Gasteiger partial charge is 0.481 e. The number of benzene rings is 1. The fourth-order valence-electron chi connectivity index (χ4n) is 4.24. The molecule has 3 aromatic rings. The SMILES string of the molecule is CCOC(=O)c1cnn([C@@H]2COC[C@H]2O)c1-c1ccc(-c2c(C)cnc(OC)c2C)cc1F. The lowest BCUT2D eigenvalue weighted by molar-refractivity contribution is 0.0527. The zero-order valence-corrected chi connectivity index (χ0v) is 19.0. The first kappa shape index (κ1) is 22.9. The van der Waals surface area contributed by atoms with Gasteiger partial charge in [0.2, 0.25) is 5.88 Å². The number of carbonyl (C=O) groups is 1. The van der Waals surface area contributed by atoms with Crippen LogP contribution >= 0.6 is 0 Å². The fourth-order valence-corrected chi connectivity index (χ4v) is 4.24. The molecule has 0 unspecified atom stereocenters. The van der Waals surface area contributed by atoms with Gasteiger partial charge in [-0.05, 0) is 49.6 Å². The number of pyridine rings is 1. The van der Waals surface area contributed by atoms with Crippen LogP contribution in [0.4, 0.5) is 4.39 Å². The minimum Gasteiger partial charge on any atom is -0.481 e. The lowest BCUT2D eigenvalue weighted by atomic mass is 9.95. The van der Waals surface area contributed by atoms with E-state index in [9.17, 15) is 9.90 Å². The van der Waals surface area contributed by atoms with Crippen LogP contribution < -0.4 is 4.74 Å². The van der Waals surface area contributed by atoms with Crippen LogP contribution in [0.15, 0.2) is 30.6 Å². The lowest BCUT2D eigenvalue weighted by Gasteiger charge is -2.18. The molecule has 0 aliphatic carbocycles. The van der Waals surface area contributed by atoms with Gasteiger partial charge in [-0.1, -0.05) is 6.07 Å². The van der Waals surface area contributed by atoms with E-state index in [2.05, 4.69) is 10.1 Å². The normalized spacial score (nSPS) is 17.9. The van der Waals surface area contributed by atoms with Crippen molar-refractivity contribution in [3.05, 3.63) is 53.1 Å². The number of hydrogen-bond acceptors (Lipinski definition) is 7. The van der Waals surface area contributed by atoms with Gasteiger partial charge in [-0.2, -0.15) is 5.10 Å². The van der Waals surface area contributed by atoms with Gasteiger partial charge < -0.3 is 19.3 Å². The van der Waals surface area contributed by atoms with Gasteiger partial charge in [0.05, 0.1) is 38.8 Å². The first-order chi connectivity index (χ1) is 15.9. The Balaban J connectivity index is 1.85. The van der Waals surface area contributed by atoms with Gasteiger partial charge in [-0.25, -0.2) is 14.2 Å². The molecule has 1 aromatic carbocycles. The zero-order chi connectivity index (χ0) is 23.7. The van der Waals surface area contributed by atoms with Crippen LogP contribution in [0.2, 0.25) is 0 Å². The average molecular weight is 455 g/mol. The topological polar surface area (TPSA) is 95.7 Å². The van der Waals surface area contributed by atoms with E-state index < -0.39 is 23.9 Å². The number of ether oxygens (including phenoxy) is 3. The molecule has 1 saturated heterocycles.